The van der Waals surface area contributed by atoms with Crippen molar-refractivity contribution in [1.29, 1.82) is 0 Å². The van der Waals surface area contributed by atoms with Crippen LogP contribution in [0.1, 0.15) is 27.0 Å². The Morgan fingerprint density at radius 1 is 1.20 bits per heavy atom. The third-order valence-electron chi connectivity index (χ3n) is 3.04. The van der Waals surface area contributed by atoms with Gasteiger partial charge in [-0.2, -0.15) is 8.42 Å². The Morgan fingerprint density at radius 3 is 2.32 bits per heavy atom. The molecule has 3 N–H and O–H groups in total. The SMILES string of the molecule is Cc1ccc(/C=C/S(=O)(=O)O)c(C)c1.NC(=O)c1ccc(Br)cc1Cl. The molecule has 0 aliphatic carbocycles. The van der Waals surface area contributed by atoms with E-state index in [0.29, 0.717) is 10.6 Å². The van der Waals surface area contributed by atoms with Crippen molar-refractivity contribution in [2.45, 2.75) is 13.8 Å². The fourth-order valence-electron chi connectivity index (χ4n) is 1.86. The van der Waals surface area contributed by atoms with E-state index in [1.807, 2.05) is 32.0 Å². The molecule has 0 aliphatic rings. The van der Waals surface area contributed by atoms with E-state index < -0.39 is 16.0 Å². The minimum Gasteiger partial charge on any atom is -0.366 e. The maximum absolute atomic E-state index is 10.7. The molecule has 0 heterocycles. The van der Waals surface area contributed by atoms with Gasteiger partial charge in [-0.05, 0) is 49.2 Å². The van der Waals surface area contributed by atoms with Gasteiger partial charge in [-0.15, -0.1) is 0 Å². The molecule has 2 rings (SSSR count). The van der Waals surface area contributed by atoms with E-state index in [2.05, 4.69) is 15.9 Å². The van der Waals surface area contributed by atoms with Crippen molar-refractivity contribution in [3.05, 3.63) is 73.6 Å². The first-order valence-electron chi connectivity index (χ1n) is 6.97. The zero-order valence-electron chi connectivity index (χ0n) is 13.5. The molecule has 0 unspecified atom stereocenters. The smallest absolute Gasteiger partial charge is 0.287 e. The Balaban J connectivity index is 0.000000257. The highest BCUT2D eigenvalue weighted by Crippen LogP contribution is 2.20. The fourth-order valence-corrected chi connectivity index (χ4v) is 2.95. The van der Waals surface area contributed by atoms with E-state index >= 15 is 0 Å². The highest BCUT2D eigenvalue weighted by Gasteiger charge is 2.05. The number of primary amides is 1. The molecule has 134 valence electrons. The van der Waals surface area contributed by atoms with Gasteiger partial charge in [0.2, 0.25) is 5.91 Å². The molecule has 2 aromatic rings. The van der Waals surface area contributed by atoms with E-state index in [0.717, 1.165) is 26.6 Å². The van der Waals surface area contributed by atoms with Crippen molar-refractivity contribution >= 4 is 49.6 Å². The van der Waals surface area contributed by atoms with Crippen LogP contribution in [0.3, 0.4) is 0 Å². The van der Waals surface area contributed by atoms with Crippen molar-refractivity contribution < 1.29 is 17.8 Å². The molecular weight excluding hydrogens is 430 g/mol. The summed E-state index contributed by atoms with van der Waals surface area (Å²) >= 11 is 8.90. The second-order valence-electron chi connectivity index (χ2n) is 5.17. The Morgan fingerprint density at radius 2 is 1.84 bits per heavy atom. The first kappa shape index (κ1) is 21.4. The maximum Gasteiger partial charge on any atom is 0.287 e. The predicted molar refractivity (Wildman–Crippen MR) is 104 cm³/mol. The maximum atomic E-state index is 10.7. The van der Waals surface area contributed by atoms with Gasteiger partial charge in [-0.3, -0.25) is 9.35 Å². The number of halogens is 2. The first-order chi connectivity index (χ1) is 11.5. The molecule has 1 amide bonds. The third kappa shape index (κ3) is 7.83. The minimum atomic E-state index is -4.03. The molecule has 0 atom stereocenters. The van der Waals surface area contributed by atoms with Gasteiger partial charge in [0.15, 0.2) is 0 Å². The van der Waals surface area contributed by atoms with Crippen LogP contribution >= 0.6 is 27.5 Å². The third-order valence-corrected chi connectivity index (χ3v) is 4.33. The zero-order valence-corrected chi connectivity index (χ0v) is 16.7. The predicted octanol–water partition coefficient (Wildman–Crippen LogP) is 4.36. The van der Waals surface area contributed by atoms with Gasteiger partial charge in [0, 0.05) is 4.47 Å². The van der Waals surface area contributed by atoms with Gasteiger partial charge < -0.3 is 5.73 Å². The van der Waals surface area contributed by atoms with E-state index in [4.69, 9.17) is 21.9 Å². The molecule has 0 spiro atoms. The topological polar surface area (TPSA) is 97.5 Å². The second-order valence-corrected chi connectivity index (χ2v) is 7.79. The summed E-state index contributed by atoms with van der Waals surface area (Å²) < 4.78 is 30.2. The molecule has 0 radical (unpaired) electrons. The Bertz CT molecular complexity index is 911. The summed E-state index contributed by atoms with van der Waals surface area (Å²) in [6.07, 6.45) is 1.38. The number of hydrogen-bond donors (Lipinski definition) is 2. The van der Waals surface area contributed by atoms with Crippen LogP contribution in [-0.4, -0.2) is 18.9 Å². The average molecular weight is 447 g/mol. The number of nitrogens with two attached hydrogens (primary N) is 1. The van der Waals surface area contributed by atoms with Crippen LogP contribution < -0.4 is 5.73 Å². The van der Waals surface area contributed by atoms with Gasteiger partial charge in [-0.1, -0.05) is 51.3 Å². The molecule has 8 heteroatoms. The number of carbonyl (C=O) groups excluding carboxylic acids is 1. The molecule has 0 bridgehead atoms. The first-order valence-corrected chi connectivity index (χ1v) is 9.64. The van der Waals surface area contributed by atoms with Crippen molar-refractivity contribution in [3.63, 3.8) is 0 Å². The van der Waals surface area contributed by atoms with Gasteiger partial charge in [0.05, 0.1) is 16.0 Å². The lowest BCUT2D eigenvalue weighted by Gasteiger charge is -2.00. The van der Waals surface area contributed by atoms with Crippen molar-refractivity contribution in [1.82, 2.24) is 0 Å². The highest BCUT2D eigenvalue weighted by molar-refractivity contribution is 9.10. The van der Waals surface area contributed by atoms with Crippen LogP contribution in [0, 0.1) is 13.8 Å². The lowest BCUT2D eigenvalue weighted by atomic mass is 10.1. The summed E-state index contributed by atoms with van der Waals surface area (Å²) in [5.74, 6) is -0.512. The van der Waals surface area contributed by atoms with E-state index in [1.165, 1.54) is 6.08 Å². The average Bonchev–Trinajstić information content (AvgIpc) is 2.45. The normalized spacial score (nSPS) is 11.1. The molecule has 0 aliphatic heterocycles. The second kappa shape index (κ2) is 9.15. The summed E-state index contributed by atoms with van der Waals surface area (Å²) in [7, 11) is -4.03. The van der Waals surface area contributed by atoms with Crippen LogP contribution in [0.4, 0.5) is 0 Å². The number of rotatable bonds is 3. The van der Waals surface area contributed by atoms with Crippen molar-refractivity contribution in [3.8, 4) is 0 Å². The highest BCUT2D eigenvalue weighted by atomic mass is 79.9. The van der Waals surface area contributed by atoms with E-state index in [-0.39, 0.29) is 0 Å². The van der Waals surface area contributed by atoms with Crippen LogP contribution in [0.5, 0.6) is 0 Å². The molecule has 25 heavy (non-hydrogen) atoms. The van der Waals surface area contributed by atoms with E-state index in [9.17, 15) is 13.2 Å². The Labute approximate surface area is 160 Å². The fraction of sp³-hybridized carbons (Fsp3) is 0.118. The zero-order chi connectivity index (χ0) is 19.2. The molecule has 0 fully saturated rings. The minimum absolute atomic E-state index is 0.342. The lowest BCUT2D eigenvalue weighted by Crippen LogP contribution is -2.11. The summed E-state index contributed by atoms with van der Waals surface area (Å²) in [5.41, 5.74) is 8.25. The Kier molecular flexibility index (Phi) is 7.82. The summed E-state index contributed by atoms with van der Waals surface area (Å²) in [6.45, 7) is 3.85. The van der Waals surface area contributed by atoms with Crippen LogP contribution in [0.15, 0.2) is 46.3 Å². The molecule has 0 aromatic heterocycles. The van der Waals surface area contributed by atoms with Crippen LogP contribution in [0.25, 0.3) is 6.08 Å². The molecule has 0 saturated heterocycles. The van der Waals surface area contributed by atoms with Crippen molar-refractivity contribution in [2.24, 2.45) is 5.73 Å². The van der Waals surface area contributed by atoms with Gasteiger partial charge in [0.25, 0.3) is 10.1 Å². The van der Waals surface area contributed by atoms with Gasteiger partial charge in [0.1, 0.15) is 0 Å². The number of amides is 1. The van der Waals surface area contributed by atoms with Crippen LogP contribution in [0.2, 0.25) is 5.02 Å². The molecule has 5 nitrogen and oxygen atoms in total. The Hall–Kier alpha value is -1.67. The molecule has 0 saturated carbocycles. The van der Waals surface area contributed by atoms with Gasteiger partial charge >= 0.3 is 0 Å². The summed E-state index contributed by atoms with van der Waals surface area (Å²) in [4.78, 5) is 10.7. The van der Waals surface area contributed by atoms with Crippen molar-refractivity contribution in [2.75, 3.05) is 0 Å². The number of carbonyl (C=O) groups is 1. The summed E-state index contributed by atoms with van der Waals surface area (Å²) in [6, 6.07) is 10.6. The number of aryl methyl sites for hydroxylation is 2. The molecular formula is C17H17BrClNO4S. The molecule has 2 aromatic carbocycles. The van der Waals surface area contributed by atoms with Gasteiger partial charge in [-0.25, -0.2) is 0 Å². The van der Waals surface area contributed by atoms with E-state index in [1.54, 1.807) is 18.2 Å². The monoisotopic (exact) mass is 445 g/mol. The number of benzene rings is 2. The quantitative estimate of drug-likeness (QED) is 0.684. The largest absolute Gasteiger partial charge is 0.366 e. The standard InChI is InChI=1S/C10H12O3S.C7H5BrClNO/c1-8-3-4-10(9(2)7-8)5-6-14(11,12)13;8-4-1-2-5(7(10)11)6(9)3-4/h3-7H,1-2H3,(H,11,12,13);1-3H,(H2,10,11)/b6-5+;. The number of hydrogen-bond acceptors (Lipinski definition) is 3. The van der Waals surface area contributed by atoms with Crippen LogP contribution in [-0.2, 0) is 10.1 Å². The lowest BCUT2D eigenvalue weighted by molar-refractivity contribution is 0.100. The summed E-state index contributed by atoms with van der Waals surface area (Å²) in [5, 5.41) is 1.15.